The van der Waals surface area contributed by atoms with E-state index < -0.39 is 6.10 Å². The molecule has 0 aliphatic carbocycles. The van der Waals surface area contributed by atoms with Crippen LogP contribution in [-0.2, 0) is 9.47 Å². The second-order valence-corrected chi connectivity index (χ2v) is 5.02. The lowest BCUT2D eigenvalue weighted by atomic mass is 10.4. The van der Waals surface area contributed by atoms with Crippen molar-refractivity contribution in [3.63, 3.8) is 0 Å². The van der Waals surface area contributed by atoms with Crippen LogP contribution in [-0.4, -0.2) is 43.9 Å². The summed E-state index contributed by atoms with van der Waals surface area (Å²) in [6, 6.07) is 7.55. The summed E-state index contributed by atoms with van der Waals surface area (Å²) in [7, 11) is 1.62. The molecule has 1 rings (SSSR count). The van der Waals surface area contributed by atoms with E-state index in [0.29, 0.717) is 25.6 Å². The number of thioether (sulfide) groups is 1. The highest BCUT2D eigenvalue weighted by molar-refractivity contribution is 7.99. The van der Waals surface area contributed by atoms with Crippen LogP contribution in [0.2, 0.25) is 5.02 Å². The number of aliphatic hydroxyl groups is 1. The van der Waals surface area contributed by atoms with Gasteiger partial charge in [0.25, 0.3) is 0 Å². The van der Waals surface area contributed by atoms with E-state index in [1.807, 2.05) is 24.3 Å². The smallest absolute Gasteiger partial charge is 0.0867 e. The van der Waals surface area contributed by atoms with E-state index in [1.165, 1.54) is 0 Å². The largest absolute Gasteiger partial charge is 0.390 e. The third kappa shape index (κ3) is 6.91. The summed E-state index contributed by atoms with van der Waals surface area (Å²) in [5.74, 6) is 0.606. The van der Waals surface area contributed by atoms with Gasteiger partial charge in [-0.2, -0.15) is 0 Å². The van der Waals surface area contributed by atoms with E-state index in [4.69, 9.17) is 21.1 Å². The van der Waals surface area contributed by atoms with Crippen molar-refractivity contribution in [3.05, 3.63) is 29.3 Å². The van der Waals surface area contributed by atoms with Crippen molar-refractivity contribution in [1.29, 1.82) is 0 Å². The summed E-state index contributed by atoms with van der Waals surface area (Å²) in [6.45, 7) is 1.40. The summed E-state index contributed by atoms with van der Waals surface area (Å²) in [5, 5.41) is 10.4. The molecule has 0 radical (unpaired) electrons. The standard InChI is InChI=1S/C12H17ClO3S/c1-15-6-7-16-8-11(14)9-17-12-4-2-10(13)3-5-12/h2-5,11,14H,6-9H2,1H3. The van der Waals surface area contributed by atoms with Crippen molar-refractivity contribution in [3.8, 4) is 0 Å². The van der Waals surface area contributed by atoms with Crippen LogP contribution in [0.5, 0.6) is 0 Å². The van der Waals surface area contributed by atoms with Gasteiger partial charge >= 0.3 is 0 Å². The maximum atomic E-state index is 9.65. The second-order valence-electron chi connectivity index (χ2n) is 3.49. The van der Waals surface area contributed by atoms with Crippen LogP contribution in [0.4, 0.5) is 0 Å². The Morgan fingerprint density at radius 2 is 2.00 bits per heavy atom. The summed E-state index contributed by atoms with van der Waals surface area (Å²) in [6.07, 6.45) is -0.465. The Bertz CT molecular complexity index is 305. The van der Waals surface area contributed by atoms with Crippen LogP contribution in [0.3, 0.4) is 0 Å². The Kier molecular flexibility index (Phi) is 7.64. The first-order valence-electron chi connectivity index (χ1n) is 5.35. The molecular weight excluding hydrogens is 260 g/mol. The number of rotatable bonds is 8. The number of aliphatic hydroxyl groups excluding tert-OH is 1. The Labute approximate surface area is 111 Å². The van der Waals surface area contributed by atoms with Gasteiger partial charge < -0.3 is 14.6 Å². The second kappa shape index (κ2) is 8.78. The van der Waals surface area contributed by atoms with Gasteiger partial charge in [-0.1, -0.05) is 11.6 Å². The number of hydrogen-bond donors (Lipinski definition) is 1. The molecule has 0 aliphatic rings. The predicted octanol–water partition coefficient (Wildman–Crippen LogP) is 2.46. The molecule has 0 spiro atoms. The van der Waals surface area contributed by atoms with Crippen LogP contribution in [0.25, 0.3) is 0 Å². The third-order valence-corrected chi connectivity index (χ3v) is 3.41. The summed E-state index contributed by atoms with van der Waals surface area (Å²) < 4.78 is 10.1. The van der Waals surface area contributed by atoms with E-state index in [-0.39, 0.29) is 0 Å². The van der Waals surface area contributed by atoms with Crippen molar-refractivity contribution in [2.45, 2.75) is 11.0 Å². The minimum absolute atomic E-state index is 0.337. The first-order valence-corrected chi connectivity index (χ1v) is 6.72. The molecule has 17 heavy (non-hydrogen) atoms. The molecule has 1 unspecified atom stereocenters. The monoisotopic (exact) mass is 276 g/mol. The molecule has 0 amide bonds. The highest BCUT2D eigenvalue weighted by atomic mass is 35.5. The van der Waals surface area contributed by atoms with E-state index in [9.17, 15) is 5.11 Å². The van der Waals surface area contributed by atoms with Crippen LogP contribution in [0.15, 0.2) is 29.2 Å². The van der Waals surface area contributed by atoms with Crippen molar-refractivity contribution >= 4 is 23.4 Å². The molecule has 0 saturated heterocycles. The lowest BCUT2D eigenvalue weighted by Gasteiger charge is -2.10. The molecule has 1 atom stereocenters. The molecule has 0 heterocycles. The zero-order valence-electron chi connectivity index (χ0n) is 9.77. The van der Waals surface area contributed by atoms with Gasteiger partial charge in [-0.05, 0) is 24.3 Å². The molecule has 0 aromatic heterocycles. The van der Waals surface area contributed by atoms with Gasteiger partial charge in [0, 0.05) is 22.8 Å². The van der Waals surface area contributed by atoms with Crippen molar-refractivity contribution in [2.24, 2.45) is 0 Å². The number of methoxy groups -OCH3 is 1. The summed E-state index contributed by atoms with van der Waals surface area (Å²) >= 11 is 7.36. The van der Waals surface area contributed by atoms with E-state index in [1.54, 1.807) is 18.9 Å². The van der Waals surface area contributed by atoms with E-state index in [2.05, 4.69) is 0 Å². The molecular formula is C12H17ClO3S. The molecule has 96 valence electrons. The number of hydrogen-bond acceptors (Lipinski definition) is 4. The lowest BCUT2D eigenvalue weighted by molar-refractivity contribution is 0.0218. The molecule has 0 saturated carbocycles. The predicted molar refractivity (Wildman–Crippen MR) is 70.9 cm³/mol. The highest BCUT2D eigenvalue weighted by Gasteiger charge is 2.05. The average molecular weight is 277 g/mol. The normalized spacial score (nSPS) is 12.6. The maximum absolute atomic E-state index is 9.65. The molecule has 1 aromatic rings. The highest BCUT2D eigenvalue weighted by Crippen LogP contribution is 2.20. The summed E-state index contributed by atoms with van der Waals surface area (Å²) in [5.41, 5.74) is 0. The fraction of sp³-hybridized carbons (Fsp3) is 0.500. The van der Waals surface area contributed by atoms with Gasteiger partial charge in [0.05, 0.1) is 25.9 Å². The zero-order chi connectivity index (χ0) is 12.5. The number of benzene rings is 1. The fourth-order valence-electron chi connectivity index (χ4n) is 1.13. The van der Waals surface area contributed by atoms with Crippen molar-refractivity contribution in [1.82, 2.24) is 0 Å². The van der Waals surface area contributed by atoms with Crippen molar-refractivity contribution < 1.29 is 14.6 Å². The van der Waals surface area contributed by atoms with Gasteiger partial charge in [0.2, 0.25) is 0 Å². The van der Waals surface area contributed by atoms with Gasteiger partial charge in [-0.3, -0.25) is 0 Å². The fourth-order valence-corrected chi connectivity index (χ4v) is 2.07. The van der Waals surface area contributed by atoms with Gasteiger partial charge in [0.1, 0.15) is 0 Å². The average Bonchev–Trinajstić information content (AvgIpc) is 2.34. The van der Waals surface area contributed by atoms with Crippen LogP contribution >= 0.6 is 23.4 Å². The van der Waals surface area contributed by atoms with Crippen LogP contribution in [0.1, 0.15) is 0 Å². The minimum atomic E-state index is -0.465. The molecule has 0 fully saturated rings. The Hall–Kier alpha value is -0.260. The van der Waals surface area contributed by atoms with Crippen LogP contribution in [0, 0.1) is 0 Å². The minimum Gasteiger partial charge on any atom is -0.390 e. The number of ether oxygens (including phenoxy) is 2. The van der Waals surface area contributed by atoms with Crippen LogP contribution < -0.4 is 0 Å². The topological polar surface area (TPSA) is 38.7 Å². The SMILES string of the molecule is COCCOCC(O)CSc1ccc(Cl)cc1. The molecule has 5 heteroatoms. The first kappa shape index (κ1) is 14.8. The quantitative estimate of drug-likeness (QED) is 0.585. The first-order chi connectivity index (χ1) is 8.22. The molecule has 0 aliphatic heterocycles. The third-order valence-electron chi connectivity index (χ3n) is 2.00. The molecule has 1 N–H and O–H groups in total. The molecule has 0 bridgehead atoms. The lowest BCUT2D eigenvalue weighted by Crippen LogP contribution is -2.19. The van der Waals surface area contributed by atoms with E-state index in [0.717, 1.165) is 9.92 Å². The number of halogens is 1. The Balaban J connectivity index is 2.14. The zero-order valence-corrected chi connectivity index (χ0v) is 11.3. The molecule has 1 aromatic carbocycles. The van der Waals surface area contributed by atoms with Gasteiger partial charge in [-0.25, -0.2) is 0 Å². The Morgan fingerprint density at radius 3 is 2.65 bits per heavy atom. The Morgan fingerprint density at radius 1 is 1.29 bits per heavy atom. The maximum Gasteiger partial charge on any atom is 0.0867 e. The van der Waals surface area contributed by atoms with Gasteiger partial charge in [-0.15, -0.1) is 11.8 Å². The van der Waals surface area contributed by atoms with E-state index >= 15 is 0 Å². The van der Waals surface area contributed by atoms with Gasteiger partial charge in [0.15, 0.2) is 0 Å². The summed E-state index contributed by atoms with van der Waals surface area (Å²) in [4.78, 5) is 1.09. The molecule has 3 nitrogen and oxygen atoms in total. The van der Waals surface area contributed by atoms with Crippen molar-refractivity contribution in [2.75, 3.05) is 32.7 Å².